The fourth-order valence-electron chi connectivity index (χ4n) is 1.44. The minimum absolute atomic E-state index is 0.481. The topological polar surface area (TPSA) is 29.9 Å². The van der Waals surface area contributed by atoms with Crippen LogP contribution in [0, 0.1) is 5.92 Å². The van der Waals surface area contributed by atoms with E-state index >= 15 is 0 Å². The maximum absolute atomic E-state index is 4.47. The lowest BCUT2D eigenvalue weighted by atomic mass is 10.1. The summed E-state index contributed by atoms with van der Waals surface area (Å²) >= 11 is 0. The quantitative estimate of drug-likeness (QED) is 0.808. The van der Waals surface area contributed by atoms with Crippen molar-refractivity contribution in [1.29, 1.82) is 0 Å². The number of rotatable bonds is 5. The predicted octanol–water partition coefficient (Wildman–Crippen LogP) is 2.83. The lowest BCUT2D eigenvalue weighted by molar-refractivity contribution is 0.553. The highest BCUT2D eigenvalue weighted by molar-refractivity contribution is 5.38. The molecule has 1 heterocycles. The monoisotopic (exact) mass is 209 g/mol. The van der Waals surface area contributed by atoms with E-state index in [1.54, 1.807) is 0 Å². The van der Waals surface area contributed by atoms with Crippen LogP contribution in [0.5, 0.6) is 0 Å². The highest BCUT2D eigenvalue weighted by Crippen LogP contribution is 2.14. The third kappa shape index (κ3) is 3.26. The molecule has 0 aliphatic heterocycles. The summed E-state index contributed by atoms with van der Waals surface area (Å²) in [6, 6.07) is 2.64. The van der Waals surface area contributed by atoms with E-state index in [9.17, 15) is 0 Å². The first-order valence-corrected chi connectivity index (χ1v) is 5.84. The van der Waals surface area contributed by atoms with E-state index in [2.05, 4.69) is 44.2 Å². The summed E-state index contributed by atoms with van der Waals surface area (Å²) < 4.78 is 1.93. The SMILES string of the molecule is CCCc1cc(NC(C)C(C)C)n(C)n1. The summed E-state index contributed by atoms with van der Waals surface area (Å²) in [4.78, 5) is 0. The number of hydrogen-bond donors (Lipinski definition) is 1. The van der Waals surface area contributed by atoms with E-state index in [4.69, 9.17) is 0 Å². The van der Waals surface area contributed by atoms with Gasteiger partial charge in [-0.05, 0) is 19.3 Å². The van der Waals surface area contributed by atoms with Gasteiger partial charge >= 0.3 is 0 Å². The van der Waals surface area contributed by atoms with Gasteiger partial charge in [0.05, 0.1) is 5.69 Å². The van der Waals surface area contributed by atoms with Crippen LogP contribution in [-0.2, 0) is 13.5 Å². The zero-order valence-corrected chi connectivity index (χ0v) is 10.5. The third-order valence-electron chi connectivity index (χ3n) is 2.81. The molecule has 0 aliphatic carbocycles. The van der Waals surface area contributed by atoms with Crippen molar-refractivity contribution >= 4 is 5.82 Å². The number of aryl methyl sites for hydroxylation is 2. The highest BCUT2D eigenvalue weighted by atomic mass is 15.3. The number of nitrogens with zero attached hydrogens (tertiary/aromatic N) is 2. The number of anilines is 1. The largest absolute Gasteiger partial charge is 0.368 e. The summed E-state index contributed by atoms with van der Waals surface area (Å²) in [6.45, 7) is 8.83. The van der Waals surface area contributed by atoms with Gasteiger partial charge in [0.1, 0.15) is 5.82 Å². The number of hydrogen-bond acceptors (Lipinski definition) is 2. The Balaban J connectivity index is 2.68. The highest BCUT2D eigenvalue weighted by Gasteiger charge is 2.10. The van der Waals surface area contributed by atoms with Crippen LogP contribution in [0.25, 0.3) is 0 Å². The summed E-state index contributed by atoms with van der Waals surface area (Å²) in [6.07, 6.45) is 2.21. The zero-order chi connectivity index (χ0) is 11.4. The predicted molar refractivity (Wildman–Crippen MR) is 65.1 cm³/mol. The van der Waals surface area contributed by atoms with E-state index in [1.165, 1.54) is 5.69 Å². The van der Waals surface area contributed by atoms with E-state index < -0.39 is 0 Å². The molecule has 1 rings (SSSR count). The molecule has 1 aromatic heterocycles. The average Bonchev–Trinajstić information content (AvgIpc) is 2.47. The second-order valence-corrected chi connectivity index (χ2v) is 4.57. The van der Waals surface area contributed by atoms with Gasteiger partial charge in [-0.2, -0.15) is 5.10 Å². The molecule has 0 bridgehead atoms. The Morgan fingerprint density at radius 1 is 1.40 bits per heavy atom. The molecule has 86 valence electrons. The van der Waals surface area contributed by atoms with Gasteiger partial charge in [0, 0.05) is 19.2 Å². The lowest BCUT2D eigenvalue weighted by Gasteiger charge is -2.18. The Labute approximate surface area is 92.9 Å². The van der Waals surface area contributed by atoms with E-state index in [0.29, 0.717) is 12.0 Å². The van der Waals surface area contributed by atoms with Crippen molar-refractivity contribution in [2.75, 3.05) is 5.32 Å². The normalized spacial score (nSPS) is 13.2. The third-order valence-corrected chi connectivity index (χ3v) is 2.81. The standard InChI is InChI=1S/C12H23N3/c1-6-7-11-8-12(15(5)14-11)13-10(4)9(2)3/h8-10,13H,6-7H2,1-5H3. The molecule has 0 amide bonds. The molecule has 0 aliphatic rings. The van der Waals surface area contributed by atoms with Gasteiger partial charge in [-0.25, -0.2) is 0 Å². The number of nitrogens with one attached hydrogen (secondary N) is 1. The Morgan fingerprint density at radius 2 is 2.07 bits per heavy atom. The Kier molecular flexibility index (Phi) is 4.18. The molecule has 0 saturated heterocycles. The molecule has 0 saturated carbocycles. The van der Waals surface area contributed by atoms with Gasteiger partial charge < -0.3 is 5.32 Å². The van der Waals surface area contributed by atoms with Crippen molar-refractivity contribution in [2.45, 2.75) is 46.6 Å². The van der Waals surface area contributed by atoms with Crippen molar-refractivity contribution in [3.8, 4) is 0 Å². The molecule has 15 heavy (non-hydrogen) atoms. The molecule has 1 atom stereocenters. The summed E-state index contributed by atoms with van der Waals surface area (Å²) in [5, 5.41) is 7.96. The van der Waals surface area contributed by atoms with Crippen molar-refractivity contribution < 1.29 is 0 Å². The first-order chi connectivity index (χ1) is 7.04. The van der Waals surface area contributed by atoms with Crippen LogP contribution in [0.3, 0.4) is 0 Å². The van der Waals surface area contributed by atoms with Gasteiger partial charge in [-0.15, -0.1) is 0 Å². The maximum Gasteiger partial charge on any atom is 0.124 e. The van der Waals surface area contributed by atoms with Gasteiger partial charge in [-0.3, -0.25) is 4.68 Å². The second kappa shape index (κ2) is 5.19. The van der Waals surface area contributed by atoms with Gasteiger partial charge in [0.25, 0.3) is 0 Å². The van der Waals surface area contributed by atoms with E-state index in [1.807, 2.05) is 11.7 Å². The Hall–Kier alpha value is -0.990. The smallest absolute Gasteiger partial charge is 0.124 e. The Bertz CT molecular complexity index is 302. The molecular weight excluding hydrogens is 186 g/mol. The van der Waals surface area contributed by atoms with Crippen molar-refractivity contribution in [2.24, 2.45) is 13.0 Å². The molecule has 1 aromatic rings. The van der Waals surface area contributed by atoms with Crippen LogP contribution in [0.2, 0.25) is 0 Å². The van der Waals surface area contributed by atoms with Crippen LogP contribution in [0.15, 0.2) is 6.07 Å². The summed E-state index contributed by atoms with van der Waals surface area (Å²) in [5.41, 5.74) is 1.18. The molecule has 0 aromatic carbocycles. The van der Waals surface area contributed by atoms with Crippen LogP contribution in [0.1, 0.15) is 39.8 Å². The van der Waals surface area contributed by atoms with Gasteiger partial charge in [0.2, 0.25) is 0 Å². The second-order valence-electron chi connectivity index (χ2n) is 4.57. The molecule has 3 nitrogen and oxygen atoms in total. The van der Waals surface area contributed by atoms with Crippen LogP contribution in [0.4, 0.5) is 5.82 Å². The van der Waals surface area contributed by atoms with Gasteiger partial charge in [-0.1, -0.05) is 27.2 Å². The summed E-state index contributed by atoms with van der Waals surface area (Å²) in [5.74, 6) is 1.76. The van der Waals surface area contributed by atoms with Gasteiger partial charge in [0.15, 0.2) is 0 Å². The molecule has 0 fully saturated rings. The summed E-state index contributed by atoms with van der Waals surface area (Å²) in [7, 11) is 1.99. The van der Waals surface area contributed by atoms with Crippen molar-refractivity contribution in [1.82, 2.24) is 9.78 Å². The fourth-order valence-corrected chi connectivity index (χ4v) is 1.44. The molecule has 1 N–H and O–H groups in total. The molecule has 1 unspecified atom stereocenters. The lowest BCUT2D eigenvalue weighted by Crippen LogP contribution is -2.22. The van der Waals surface area contributed by atoms with E-state index in [0.717, 1.165) is 18.7 Å². The molecule has 0 radical (unpaired) electrons. The fraction of sp³-hybridized carbons (Fsp3) is 0.750. The Morgan fingerprint density at radius 3 is 2.60 bits per heavy atom. The molecular formula is C12H23N3. The number of aromatic nitrogens is 2. The van der Waals surface area contributed by atoms with Crippen LogP contribution < -0.4 is 5.32 Å². The first-order valence-electron chi connectivity index (χ1n) is 5.84. The molecule has 3 heteroatoms. The van der Waals surface area contributed by atoms with Crippen molar-refractivity contribution in [3.63, 3.8) is 0 Å². The first kappa shape index (κ1) is 12.1. The van der Waals surface area contributed by atoms with E-state index in [-0.39, 0.29) is 0 Å². The van der Waals surface area contributed by atoms with Crippen molar-refractivity contribution in [3.05, 3.63) is 11.8 Å². The average molecular weight is 209 g/mol. The zero-order valence-electron chi connectivity index (χ0n) is 10.5. The maximum atomic E-state index is 4.47. The minimum atomic E-state index is 0.481. The minimum Gasteiger partial charge on any atom is -0.368 e. The van der Waals surface area contributed by atoms with Crippen LogP contribution in [-0.4, -0.2) is 15.8 Å². The molecule has 0 spiro atoms. The van der Waals surface area contributed by atoms with Crippen LogP contribution >= 0.6 is 0 Å².